The molecule has 0 atom stereocenters. The van der Waals surface area contributed by atoms with E-state index in [2.05, 4.69) is 165 Å². The number of anilines is 3. The monoisotopic (exact) mass is 770 g/mol. The largest absolute Gasteiger partial charge is 0.310 e. The molecule has 9 aromatic rings. The van der Waals surface area contributed by atoms with Gasteiger partial charge in [0.05, 0.1) is 16.8 Å². The van der Waals surface area contributed by atoms with Crippen LogP contribution in [-0.2, 0) is 10.8 Å². The SMILES string of the molecule is Cc1cc(N2c3ccccc3C(c3ccccc3)(c3cccc4c3C(C)(C)c3ccccc3-4)c3ccccc32)ccc1-c1nc(-c2ccccc2)nc(-c2ccccc2)n1. The Balaban J connectivity index is 1.12. The Bertz CT molecular complexity index is 2980. The van der Waals surface area contributed by atoms with Gasteiger partial charge in [-0.3, -0.25) is 0 Å². The predicted octanol–water partition coefficient (Wildman–Crippen LogP) is 13.7. The van der Waals surface area contributed by atoms with Crippen molar-refractivity contribution in [3.05, 3.63) is 239 Å². The number of nitrogens with zero attached hydrogens (tertiary/aromatic N) is 4. The zero-order chi connectivity index (χ0) is 40.4. The molecule has 0 spiro atoms. The van der Waals surface area contributed by atoms with E-state index >= 15 is 0 Å². The van der Waals surface area contributed by atoms with E-state index in [4.69, 9.17) is 15.0 Å². The second kappa shape index (κ2) is 13.9. The van der Waals surface area contributed by atoms with E-state index in [-0.39, 0.29) is 5.41 Å². The Hall–Kier alpha value is -7.43. The third-order valence-electron chi connectivity index (χ3n) is 12.7. The van der Waals surface area contributed by atoms with Gasteiger partial charge in [-0.1, -0.05) is 184 Å². The molecule has 0 fully saturated rings. The molecule has 0 radical (unpaired) electrons. The molecule has 4 nitrogen and oxygen atoms in total. The van der Waals surface area contributed by atoms with Crippen molar-refractivity contribution in [3.63, 3.8) is 0 Å². The van der Waals surface area contributed by atoms with Crippen molar-refractivity contribution in [3.8, 4) is 45.3 Å². The first kappa shape index (κ1) is 35.7. The van der Waals surface area contributed by atoms with Crippen LogP contribution in [0.15, 0.2) is 200 Å². The Morgan fingerprint density at radius 2 is 0.883 bits per heavy atom. The molecule has 286 valence electrons. The average Bonchev–Trinajstić information content (AvgIpc) is 3.55. The van der Waals surface area contributed by atoms with Gasteiger partial charge in [0.1, 0.15) is 0 Å². The van der Waals surface area contributed by atoms with Crippen LogP contribution >= 0.6 is 0 Å². The van der Waals surface area contributed by atoms with E-state index in [9.17, 15) is 0 Å². The number of aryl methyl sites for hydroxylation is 1. The lowest BCUT2D eigenvalue weighted by Gasteiger charge is -2.48. The average molecular weight is 771 g/mol. The molecule has 11 rings (SSSR count). The normalized spacial score (nSPS) is 14.2. The van der Waals surface area contributed by atoms with Crippen LogP contribution in [0.4, 0.5) is 17.1 Å². The van der Waals surface area contributed by atoms with E-state index in [0.717, 1.165) is 39.3 Å². The van der Waals surface area contributed by atoms with Crippen molar-refractivity contribution < 1.29 is 0 Å². The molecule has 60 heavy (non-hydrogen) atoms. The van der Waals surface area contributed by atoms with Gasteiger partial charge in [0, 0.05) is 27.8 Å². The summed E-state index contributed by atoms with van der Waals surface area (Å²) in [5.74, 6) is 1.95. The third kappa shape index (κ3) is 5.34. The predicted molar refractivity (Wildman–Crippen MR) is 245 cm³/mol. The lowest BCUT2D eigenvalue weighted by molar-refractivity contribution is 0.625. The summed E-state index contributed by atoms with van der Waals surface area (Å²) in [5, 5.41) is 0. The fourth-order valence-corrected chi connectivity index (χ4v) is 10.1. The van der Waals surface area contributed by atoms with Crippen LogP contribution in [0.1, 0.15) is 52.8 Å². The van der Waals surface area contributed by atoms with Crippen LogP contribution in [0.2, 0.25) is 0 Å². The number of aromatic nitrogens is 3. The third-order valence-corrected chi connectivity index (χ3v) is 12.7. The summed E-state index contributed by atoms with van der Waals surface area (Å²) in [7, 11) is 0. The van der Waals surface area contributed by atoms with Gasteiger partial charge in [-0.15, -0.1) is 0 Å². The van der Waals surface area contributed by atoms with Gasteiger partial charge >= 0.3 is 0 Å². The number of hydrogen-bond acceptors (Lipinski definition) is 4. The van der Waals surface area contributed by atoms with Crippen molar-refractivity contribution in [1.82, 2.24) is 15.0 Å². The molecule has 1 aliphatic carbocycles. The fourth-order valence-electron chi connectivity index (χ4n) is 10.1. The van der Waals surface area contributed by atoms with Gasteiger partial charge < -0.3 is 4.90 Å². The van der Waals surface area contributed by atoms with Gasteiger partial charge in [-0.25, -0.2) is 15.0 Å². The van der Waals surface area contributed by atoms with Crippen molar-refractivity contribution in [1.29, 1.82) is 0 Å². The summed E-state index contributed by atoms with van der Waals surface area (Å²) < 4.78 is 0. The standard InChI is InChI=1S/C56H42N4/c1-37-36-41(34-35-42(37)54-58-52(38-20-7-4-8-21-38)57-53(59-54)39-22-9-5-10-23-39)60-49-32-17-15-29-46(49)56(40-24-11-6-12-25-40,47-30-16-18-33-50(47)60)48-31-19-27-44-43-26-13-14-28-45(43)55(2,3)51(44)48/h4-36H,1-3H3. The first-order chi connectivity index (χ1) is 29.4. The first-order valence-electron chi connectivity index (χ1n) is 20.7. The van der Waals surface area contributed by atoms with Crippen LogP contribution in [0.3, 0.4) is 0 Å². The minimum absolute atomic E-state index is 0.214. The second-order valence-electron chi connectivity index (χ2n) is 16.4. The van der Waals surface area contributed by atoms with Gasteiger partial charge in [0.25, 0.3) is 0 Å². The molecule has 0 N–H and O–H groups in total. The van der Waals surface area contributed by atoms with Gasteiger partial charge in [-0.2, -0.15) is 0 Å². The number of para-hydroxylation sites is 2. The highest BCUT2D eigenvalue weighted by molar-refractivity contribution is 5.92. The van der Waals surface area contributed by atoms with Crippen molar-refractivity contribution in [2.75, 3.05) is 4.90 Å². The molecule has 0 saturated carbocycles. The quantitative estimate of drug-likeness (QED) is 0.169. The number of rotatable bonds is 6. The molecular weight excluding hydrogens is 729 g/mol. The van der Waals surface area contributed by atoms with E-state index in [0.29, 0.717) is 17.5 Å². The summed E-state index contributed by atoms with van der Waals surface area (Å²) in [5.41, 5.74) is 16.9. The zero-order valence-corrected chi connectivity index (χ0v) is 33.8. The molecule has 0 saturated heterocycles. The second-order valence-corrected chi connectivity index (χ2v) is 16.4. The molecule has 2 aliphatic rings. The first-order valence-corrected chi connectivity index (χ1v) is 20.7. The molecular formula is C56H42N4. The van der Waals surface area contributed by atoms with Crippen LogP contribution in [-0.4, -0.2) is 15.0 Å². The molecule has 1 aliphatic heterocycles. The van der Waals surface area contributed by atoms with Crippen LogP contribution < -0.4 is 4.90 Å². The maximum absolute atomic E-state index is 5.08. The molecule has 8 aromatic carbocycles. The highest BCUT2D eigenvalue weighted by Gasteiger charge is 2.50. The fraction of sp³-hybridized carbons (Fsp3) is 0.0893. The van der Waals surface area contributed by atoms with Gasteiger partial charge in [-0.05, 0) is 87.3 Å². The van der Waals surface area contributed by atoms with Crippen LogP contribution in [0.5, 0.6) is 0 Å². The highest BCUT2D eigenvalue weighted by atomic mass is 15.2. The van der Waals surface area contributed by atoms with E-state index in [1.165, 1.54) is 44.5 Å². The van der Waals surface area contributed by atoms with Crippen molar-refractivity contribution in [2.24, 2.45) is 0 Å². The minimum Gasteiger partial charge on any atom is -0.310 e. The molecule has 1 aromatic heterocycles. The van der Waals surface area contributed by atoms with E-state index in [1.54, 1.807) is 0 Å². The van der Waals surface area contributed by atoms with E-state index < -0.39 is 5.41 Å². The maximum Gasteiger partial charge on any atom is 0.164 e. The van der Waals surface area contributed by atoms with E-state index in [1.807, 2.05) is 60.7 Å². The molecule has 0 unspecified atom stereocenters. The number of benzene rings is 8. The van der Waals surface area contributed by atoms with Crippen LogP contribution in [0, 0.1) is 6.92 Å². The molecule has 0 amide bonds. The number of fused-ring (bicyclic) bond motifs is 5. The Labute approximate surface area is 351 Å². The lowest BCUT2D eigenvalue weighted by Crippen LogP contribution is -2.39. The maximum atomic E-state index is 5.08. The van der Waals surface area contributed by atoms with Gasteiger partial charge in [0.2, 0.25) is 0 Å². The van der Waals surface area contributed by atoms with Crippen molar-refractivity contribution in [2.45, 2.75) is 31.6 Å². The summed E-state index contributed by atoms with van der Waals surface area (Å²) in [6, 6.07) is 72.1. The topological polar surface area (TPSA) is 41.9 Å². The highest BCUT2D eigenvalue weighted by Crippen LogP contribution is 2.61. The Kier molecular flexibility index (Phi) is 8.25. The van der Waals surface area contributed by atoms with Gasteiger partial charge in [0.15, 0.2) is 17.5 Å². The number of hydrogen-bond donors (Lipinski definition) is 0. The Morgan fingerprint density at radius 1 is 0.400 bits per heavy atom. The summed E-state index contributed by atoms with van der Waals surface area (Å²) in [6.45, 7) is 6.96. The zero-order valence-electron chi connectivity index (χ0n) is 33.8. The van der Waals surface area contributed by atoms with Crippen molar-refractivity contribution >= 4 is 17.1 Å². The smallest absolute Gasteiger partial charge is 0.164 e. The summed E-state index contributed by atoms with van der Waals surface area (Å²) in [6.07, 6.45) is 0. The molecule has 0 bridgehead atoms. The lowest BCUT2D eigenvalue weighted by atomic mass is 9.59. The van der Waals surface area contributed by atoms with Crippen LogP contribution in [0.25, 0.3) is 45.3 Å². The summed E-state index contributed by atoms with van der Waals surface area (Å²) in [4.78, 5) is 17.6. The Morgan fingerprint density at radius 3 is 1.48 bits per heavy atom. The molecule has 4 heteroatoms. The molecule has 2 heterocycles. The summed E-state index contributed by atoms with van der Waals surface area (Å²) >= 11 is 0. The minimum atomic E-state index is -0.614.